The summed E-state index contributed by atoms with van der Waals surface area (Å²) in [6.07, 6.45) is 4.18. The molecule has 158 valence electrons. The number of amides is 1. The zero-order valence-corrected chi connectivity index (χ0v) is 18.0. The fraction of sp³-hybridized carbons (Fsp3) is 0.273. The highest BCUT2D eigenvalue weighted by molar-refractivity contribution is 6.00. The number of benzene rings is 1. The maximum absolute atomic E-state index is 12.0. The van der Waals surface area contributed by atoms with Crippen LogP contribution in [0.4, 0.5) is 0 Å². The number of amidine groups is 1. The number of carbonyl (C=O) groups is 1. The highest BCUT2D eigenvalue weighted by Crippen LogP contribution is 2.27. The molecule has 1 amide bonds. The first-order valence-electron chi connectivity index (χ1n) is 9.34. The van der Waals surface area contributed by atoms with Gasteiger partial charge in [-0.1, -0.05) is 13.2 Å². The Balaban J connectivity index is 2.38. The van der Waals surface area contributed by atoms with E-state index in [2.05, 4.69) is 33.4 Å². The van der Waals surface area contributed by atoms with Gasteiger partial charge in [-0.3, -0.25) is 4.79 Å². The van der Waals surface area contributed by atoms with Crippen LogP contribution in [0.5, 0.6) is 17.4 Å². The third-order valence-corrected chi connectivity index (χ3v) is 3.55. The second-order valence-electron chi connectivity index (χ2n) is 6.97. The third-order valence-electron chi connectivity index (χ3n) is 3.55. The van der Waals surface area contributed by atoms with Crippen molar-refractivity contribution < 1.29 is 14.3 Å². The van der Waals surface area contributed by atoms with Crippen LogP contribution in [0.15, 0.2) is 60.6 Å². The molecule has 0 aliphatic carbocycles. The van der Waals surface area contributed by atoms with E-state index in [9.17, 15) is 4.79 Å². The summed E-state index contributed by atoms with van der Waals surface area (Å²) in [6.45, 7) is 13.2. The van der Waals surface area contributed by atoms with E-state index in [1.165, 1.54) is 23.5 Å². The van der Waals surface area contributed by atoms with Gasteiger partial charge >= 0.3 is 0 Å². The van der Waals surface area contributed by atoms with Gasteiger partial charge in [0, 0.05) is 37.6 Å². The average molecular weight is 409 g/mol. The molecule has 0 radical (unpaired) electrons. The highest BCUT2D eigenvalue weighted by Gasteiger charge is 2.13. The SMILES string of the molecule is C=CN=C(NC(=C)C)c1cc(Oc2cnc(C(=O)N(C)C)cn2)cc(OC(C)C)c1. The van der Waals surface area contributed by atoms with Gasteiger partial charge < -0.3 is 19.7 Å². The number of hydrogen-bond acceptors (Lipinski definition) is 6. The van der Waals surface area contributed by atoms with E-state index in [1.54, 1.807) is 26.2 Å². The monoisotopic (exact) mass is 409 g/mol. The van der Waals surface area contributed by atoms with Gasteiger partial charge in [-0.25, -0.2) is 15.0 Å². The predicted octanol–water partition coefficient (Wildman–Crippen LogP) is 3.77. The van der Waals surface area contributed by atoms with E-state index in [-0.39, 0.29) is 23.6 Å². The minimum absolute atomic E-state index is 0.0295. The van der Waals surface area contributed by atoms with Crippen molar-refractivity contribution in [3.05, 3.63) is 66.9 Å². The zero-order chi connectivity index (χ0) is 22.3. The quantitative estimate of drug-likeness (QED) is 0.527. The number of nitrogens with one attached hydrogen (secondary N) is 1. The van der Waals surface area contributed by atoms with Crippen molar-refractivity contribution in [1.29, 1.82) is 0 Å². The first-order chi connectivity index (χ1) is 14.2. The van der Waals surface area contributed by atoms with Crippen LogP contribution in [-0.2, 0) is 0 Å². The standard InChI is InChI=1S/C22H27N5O3/c1-8-23-21(26-14(2)3)16-9-17(29-15(4)5)11-18(10-16)30-20-13-24-19(12-25-20)22(28)27(6)7/h8-13,15H,1-2H2,3-7H3,(H,23,26). The Kier molecular flexibility index (Phi) is 7.69. The van der Waals surface area contributed by atoms with Crippen LogP contribution in [0.1, 0.15) is 36.8 Å². The van der Waals surface area contributed by atoms with Gasteiger partial charge in [-0.15, -0.1) is 0 Å². The van der Waals surface area contributed by atoms with Gasteiger partial charge in [0.25, 0.3) is 5.91 Å². The summed E-state index contributed by atoms with van der Waals surface area (Å²) in [5, 5.41) is 3.10. The minimum Gasteiger partial charge on any atom is -0.491 e. The van der Waals surface area contributed by atoms with E-state index in [1.807, 2.05) is 26.8 Å². The van der Waals surface area contributed by atoms with E-state index in [0.717, 1.165) is 11.3 Å². The van der Waals surface area contributed by atoms with Gasteiger partial charge in [0.15, 0.2) is 0 Å². The van der Waals surface area contributed by atoms with Crippen molar-refractivity contribution >= 4 is 11.7 Å². The van der Waals surface area contributed by atoms with Gasteiger partial charge in [0.2, 0.25) is 5.88 Å². The molecule has 0 saturated carbocycles. The Labute approximate surface area is 177 Å². The van der Waals surface area contributed by atoms with Crippen LogP contribution < -0.4 is 14.8 Å². The number of rotatable bonds is 8. The molecule has 8 nitrogen and oxygen atoms in total. The molecule has 0 unspecified atom stereocenters. The fourth-order valence-electron chi connectivity index (χ4n) is 2.41. The molecule has 1 aromatic heterocycles. The highest BCUT2D eigenvalue weighted by atomic mass is 16.5. The number of allylic oxidation sites excluding steroid dienone is 1. The third kappa shape index (κ3) is 6.44. The molecular weight excluding hydrogens is 382 g/mol. The van der Waals surface area contributed by atoms with E-state index < -0.39 is 0 Å². The van der Waals surface area contributed by atoms with Gasteiger partial charge in [0.05, 0.1) is 18.5 Å². The Hall–Kier alpha value is -3.68. The molecule has 2 aromatic rings. The van der Waals surface area contributed by atoms with Crippen LogP contribution in [0.25, 0.3) is 0 Å². The fourth-order valence-corrected chi connectivity index (χ4v) is 2.41. The second-order valence-corrected chi connectivity index (χ2v) is 6.97. The number of aromatic nitrogens is 2. The van der Waals surface area contributed by atoms with Gasteiger partial charge in [-0.2, -0.15) is 0 Å². The summed E-state index contributed by atoms with van der Waals surface area (Å²) < 4.78 is 11.7. The van der Waals surface area contributed by atoms with Crippen LogP contribution in [0, 0.1) is 0 Å². The number of nitrogens with zero attached hydrogens (tertiary/aromatic N) is 4. The summed E-state index contributed by atoms with van der Waals surface area (Å²) in [6, 6.07) is 5.37. The summed E-state index contributed by atoms with van der Waals surface area (Å²) in [5.41, 5.74) is 1.68. The average Bonchev–Trinajstić information content (AvgIpc) is 2.66. The molecular formula is C22H27N5O3. The topological polar surface area (TPSA) is 88.9 Å². The molecule has 0 bridgehead atoms. The smallest absolute Gasteiger partial charge is 0.273 e. The molecule has 0 aliphatic heterocycles. The molecule has 2 rings (SSSR count). The van der Waals surface area contributed by atoms with Crippen molar-refractivity contribution in [3.8, 4) is 17.4 Å². The van der Waals surface area contributed by atoms with Crippen LogP contribution >= 0.6 is 0 Å². The van der Waals surface area contributed by atoms with E-state index in [0.29, 0.717) is 17.3 Å². The molecule has 0 atom stereocenters. The van der Waals surface area contributed by atoms with Crippen molar-refractivity contribution in [2.24, 2.45) is 4.99 Å². The Morgan fingerprint density at radius 3 is 2.43 bits per heavy atom. The van der Waals surface area contributed by atoms with Crippen molar-refractivity contribution in [2.75, 3.05) is 14.1 Å². The lowest BCUT2D eigenvalue weighted by Crippen LogP contribution is -2.22. The van der Waals surface area contributed by atoms with Crippen molar-refractivity contribution in [1.82, 2.24) is 20.2 Å². The molecule has 0 aliphatic rings. The maximum Gasteiger partial charge on any atom is 0.273 e. The van der Waals surface area contributed by atoms with Crippen LogP contribution in [0.2, 0.25) is 0 Å². The number of hydrogen-bond donors (Lipinski definition) is 1. The molecule has 30 heavy (non-hydrogen) atoms. The molecule has 8 heteroatoms. The number of ether oxygens (including phenoxy) is 2. The maximum atomic E-state index is 12.0. The largest absolute Gasteiger partial charge is 0.491 e. The normalized spacial score (nSPS) is 11.1. The van der Waals surface area contributed by atoms with Gasteiger partial charge in [-0.05, 0) is 32.9 Å². The first-order valence-corrected chi connectivity index (χ1v) is 9.34. The van der Waals surface area contributed by atoms with Crippen molar-refractivity contribution in [2.45, 2.75) is 26.9 Å². The molecule has 1 aromatic carbocycles. The summed E-state index contributed by atoms with van der Waals surface area (Å²) in [5.74, 6) is 1.64. The molecule has 1 N–H and O–H groups in total. The Bertz CT molecular complexity index is 950. The summed E-state index contributed by atoms with van der Waals surface area (Å²) in [7, 11) is 3.30. The predicted molar refractivity (Wildman–Crippen MR) is 117 cm³/mol. The lowest BCUT2D eigenvalue weighted by Gasteiger charge is -2.15. The first kappa shape index (κ1) is 22.6. The minimum atomic E-state index is -0.236. The van der Waals surface area contributed by atoms with E-state index in [4.69, 9.17) is 9.47 Å². The van der Waals surface area contributed by atoms with Crippen LogP contribution in [-0.4, -0.2) is 46.8 Å². The second kappa shape index (κ2) is 10.2. The lowest BCUT2D eigenvalue weighted by molar-refractivity contribution is 0.0821. The van der Waals surface area contributed by atoms with Crippen molar-refractivity contribution in [3.63, 3.8) is 0 Å². The molecule has 0 fully saturated rings. The molecule has 1 heterocycles. The zero-order valence-electron chi connectivity index (χ0n) is 18.0. The number of aliphatic imine (C=N–C) groups is 1. The summed E-state index contributed by atoms with van der Waals surface area (Å²) >= 11 is 0. The molecule has 0 saturated heterocycles. The number of carbonyl (C=O) groups excluding carboxylic acids is 1. The van der Waals surface area contributed by atoms with E-state index >= 15 is 0 Å². The van der Waals surface area contributed by atoms with Crippen LogP contribution in [0.3, 0.4) is 0 Å². The Morgan fingerprint density at radius 1 is 1.20 bits per heavy atom. The molecule has 0 spiro atoms. The van der Waals surface area contributed by atoms with Gasteiger partial charge in [0.1, 0.15) is 23.0 Å². The summed E-state index contributed by atoms with van der Waals surface area (Å²) in [4.78, 5) is 26.0. The Morgan fingerprint density at radius 2 is 1.90 bits per heavy atom. The lowest BCUT2D eigenvalue weighted by atomic mass is 10.1.